The summed E-state index contributed by atoms with van der Waals surface area (Å²) in [7, 11) is 0. The molecule has 2 rings (SSSR count). The van der Waals surface area contributed by atoms with E-state index in [0.717, 1.165) is 64.2 Å². The molecule has 2 aliphatic heterocycles. The van der Waals surface area contributed by atoms with Crippen molar-refractivity contribution in [2.24, 2.45) is 0 Å². The predicted molar refractivity (Wildman–Crippen MR) is 243 cm³/mol. The van der Waals surface area contributed by atoms with E-state index in [1.807, 2.05) is 0 Å². The van der Waals surface area contributed by atoms with Crippen LogP contribution in [0.2, 0.25) is 0 Å². The SMILES string of the molecule is CCCC/C=C/CCCCCCCC(=O)OC[C@H](CO[C@H]1O[C@@H](CO[C@H]2O[C@@H](CO)[C@@H](O)C(O)C2O)[C@@H](O)C(O)C1O)OC(=O)CCCCCCCCCCC/C=C/CCCCCC. The van der Waals surface area contributed by atoms with Gasteiger partial charge in [0.05, 0.1) is 19.8 Å². The Morgan fingerprint density at radius 1 is 0.484 bits per heavy atom. The minimum Gasteiger partial charge on any atom is -0.462 e. The van der Waals surface area contributed by atoms with E-state index >= 15 is 0 Å². The van der Waals surface area contributed by atoms with E-state index in [0.29, 0.717) is 12.8 Å². The molecular weight excluding hydrogens is 829 g/mol. The fraction of sp³-hybridized carbons (Fsp3) is 0.878. The molecule has 0 amide bonds. The minimum atomic E-state index is -1.76. The largest absolute Gasteiger partial charge is 0.462 e. The molecule has 2 heterocycles. The molecule has 2 fully saturated rings. The van der Waals surface area contributed by atoms with Crippen LogP contribution in [0.5, 0.6) is 0 Å². The Kier molecular flexibility index (Phi) is 33.6. The summed E-state index contributed by atoms with van der Waals surface area (Å²) in [6, 6.07) is 0. The van der Waals surface area contributed by atoms with Gasteiger partial charge in [0, 0.05) is 12.8 Å². The molecule has 2 saturated heterocycles. The number of allylic oxidation sites excluding steroid dienone is 4. The van der Waals surface area contributed by atoms with Crippen molar-refractivity contribution in [3.63, 3.8) is 0 Å². The zero-order chi connectivity index (χ0) is 46.8. The first-order valence-corrected chi connectivity index (χ1v) is 24.9. The summed E-state index contributed by atoms with van der Waals surface area (Å²) in [6.45, 7) is 2.53. The van der Waals surface area contributed by atoms with Gasteiger partial charge in [-0.1, -0.05) is 134 Å². The molecule has 374 valence electrons. The van der Waals surface area contributed by atoms with Crippen molar-refractivity contribution in [1.29, 1.82) is 0 Å². The molecule has 4 unspecified atom stereocenters. The average molecular weight is 917 g/mol. The molecule has 64 heavy (non-hydrogen) atoms. The molecule has 2 aliphatic rings. The highest BCUT2D eigenvalue weighted by Crippen LogP contribution is 2.26. The Balaban J connectivity index is 1.81. The van der Waals surface area contributed by atoms with Crippen LogP contribution in [0.15, 0.2) is 24.3 Å². The number of hydrogen-bond donors (Lipinski definition) is 7. The number of carbonyl (C=O) groups excluding carboxylic acids is 2. The third-order valence-corrected chi connectivity index (χ3v) is 11.9. The van der Waals surface area contributed by atoms with Gasteiger partial charge in [-0.25, -0.2) is 0 Å². The first kappa shape index (κ1) is 58.1. The number of aliphatic hydroxyl groups is 7. The lowest BCUT2D eigenvalue weighted by Crippen LogP contribution is -2.61. The van der Waals surface area contributed by atoms with Crippen molar-refractivity contribution in [1.82, 2.24) is 0 Å². The van der Waals surface area contributed by atoms with Crippen LogP contribution in [-0.4, -0.2) is 142 Å². The molecule has 15 nitrogen and oxygen atoms in total. The lowest BCUT2D eigenvalue weighted by atomic mass is 9.98. The van der Waals surface area contributed by atoms with Gasteiger partial charge in [-0.15, -0.1) is 0 Å². The van der Waals surface area contributed by atoms with Gasteiger partial charge < -0.3 is 64.2 Å². The Morgan fingerprint density at radius 3 is 1.42 bits per heavy atom. The third kappa shape index (κ3) is 25.2. The summed E-state index contributed by atoms with van der Waals surface area (Å²) < 4.78 is 33.5. The fourth-order valence-electron chi connectivity index (χ4n) is 7.72. The number of carbonyl (C=O) groups is 2. The highest BCUT2D eigenvalue weighted by atomic mass is 16.7. The van der Waals surface area contributed by atoms with E-state index in [4.69, 9.17) is 28.4 Å². The van der Waals surface area contributed by atoms with Crippen molar-refractivity contribution >= 4 is 11.9 Å². The normalized spacial score (nSPS) is 26.8. The van der Waals surface area contributed by atoms with Crippen LogP contribution in [0.3, 0.4) is 0 Å². The monoisotopic (exact) mass is 917 g/mol. The van der Waals surface area contributed by atoms with E-state index in [1.54, 1.807) is 0 Å². The van der Waals surface area contributed by atoms with Crippen LogP contribution < -0.4 is 0 Å². The molecule has 11 atom stereocenters. The summed E-state index contributed by atoms with van der Waals surface area (Å²) in [5.74, 6) is -0.936. The van der Waals surface area contributed by atoms with E-state index in [2.05, 4.69) is 38.2 Å². The molecule has 0 aromatic carbocycles. The molecule has 0 bridgehead atoms. The van der Waals surface area contributed by atoms with Gasteiger partial charge in [-0.3, -0.25) is 9.59 Å². The predicted octanol–water partition coefficient (Wildman–Crippen LogP) is 6.38. The summed E-state index contributed by atoms with van der Waals surface area (Å²) in [5.41, 5.74) is 0. The zero-order valence-corrected chi connectivity index (χ0v) is 39.3. The van der Waals surface area contributed by atoms with Crippen molar-refractivity contribution in [2.75, 3.05) is 26.4 Å². The highest BCUT2D eigenvalue weighted by molar-refractivity contribution is 5.70. The molecule has 0 aromatic heterocycles. The highest BCUT2D eigenvalue weighted by Gasteiger charge is 2.47. The molecule has 0 radical (unpaired) electrons. The summed E-state index contributed by atoms with van der Waals surface area (Å²) in [6.07, 6.45) is 19.3. The molecule has 7 N–H and O–H groups in total. The van der Waals surface area contributed by atoms with Gasteiger partial charge in [-0.05, 0) is 57.8 Å². The van der Waals surface area contributed by atoms with Crippen LogP contribution in [-0.2, 0) is 38.0 Å². The van der Waals surface area contributed by atoms with Crippen molar-refractivity contribution in [3.8, 4) is 0 Å². The smallest absolute Gasteiger partial charge is 0.306 e. The summed E-state index contributed by atoms with van der Waals surface area (Å²) in [5, 5.41) is 72.0. The maximum atomic E-state index is 13.0. The zero-order valence-electron chi connectivity index (χ0n) is 39.3. The Bertz CT molecular complexity index is 1220. The van der Waals surface area contributed by atoms with Crippen LogP contribution in [0.4, 0.5) is 0 Å². The van der Waals surface area contributed by atoms with Gasteiger partial charge in [0.2, 0.25) is 0 Å². The van der Waals surface area contributed by atoms with Crippen molar-refractivity contribution in [3.05, 3.63) is 24.3 Å². The summed E-state index contributed by atoms with van der Waals surface area (Å²) in [4.78, 5) is 25.7. The van der Waals surface area contributed by atoms with E-state index in [9.17, 15) is 45.3 Å². The number of ether oxygens (including phenoxy) is 6. The second-order valence-corrected chi connectivity index (χ2v) is 17.6. The first-order chi connectivity index (χ1) is 31.0. The van der Waals surface area contributed by atoms with Gasteiger partial charge in [0.15, 0.2) is 18.7 Å². The van der Waals surface area contributed by atoms with Gasteiger partial charge in [0.1, 0.15) is 55.4 Å². The third-order valence-electron chi connectivity index (χ3n) is 11.9. The van der Waals surface area contributed by atoms with E-state index in [-0.39, 0.29) is 26.1 Å². The van der Waals surface area contributed by atoms with Gasteiger partial charge >= 0.3 is 11.9 Å². The van der Waals surface area contributed by atoms with Gasteiger partial charge in [0.25, 0.3) is 0 Å². The molecular formula is C49H88O15. The number of unbranched alkanes of at least 4 members (excludes halogenated alkanes) is 20. The molecule has 0 saturated carbocycles. The molecule has 15 heteroatoms. The van der Waals surface area contributed by atoms with Crippen LogP contribution in [0, 0.1) is 0 Å². The minimum absolute atomic E-state index is 0.163. The van der Waals surface area contributed by atoms with Crippen LogP contribution in [0.25, 0.3) is 0 Å². The molecule has 0 aromatic rings. The Morgan fingerprint density at radius 2 is 0.906 bits per heavy atom. The maximum Gasteiger partial charge on any atom is 0.306 e. The second-order valence-electron chi connectivity index (χ2n) is 17.6. The summed E-state index contributed by atoms with van der Waals surface area (Å²) >= 11 is 0. The van der Waals surface area contributed by atoms with E-state index in [1.165, 1.54) is 77.0 Å². The number of hydrogen-bond acceptors (Lipinski definition) is 15. The lowest BCUT2D eigenvalue weighted by Gasteiger charge is -2.42. The van der Waals surface area contributed by atoms with Crippen LogP contribution >= 0.6 is 0 Å². The van der Waals surface area contributed by atoms with E-state index < -0.39 is 92.7 Å². The number of esters is 2. The quantitative estimate of drug-likeness (QED) is 0.0203. The number of aliphatic hydroxyl groups excluding tert-OH is 7. The fourth-order valence-corrected chi connectivity index (χ4v) is 7.72. The Hall–Kier alpha value is -2.02. The standard InChI is InChI=1S/C49H88O15/c1-3-5-7-9-11-13-15-16-17-18-19-20-22-24-26-28-30-32-41(52)62-37(34-59-40(51)31-29-27-25-23-21-14-12-10-8-6-4-2)35-60-48-47(58)45(56)43(54)39(64-48)36-61-49-46(57)44(55)42(53)38(33-50)63-49/h10,12-13,15,37-39,42-50,53-58H,3-9,11,14,16-36H2,1-2H3/b12-10+,15-13+/t37-,38+,39+,42-,43-,44?,45?,46?,47?,48+,49+/m1/s1. The average Bonchev–Trinajstić information content (AvgIpc) is 3.29. The number of rotatable bonds is 38. The van der Waals surface area contributed by atoms with Crippen LogP contribution in [0.1, 0.15) is 181 Å². The topological polar surface area (TPSA) is 231 Å². The Labute approximate surface area is 383 Å². The van der Waals surface area contributed by atoms with Crippen molar-refractivity contribution < 1.29 is 73.8 Å². The molecule has 0 spiro atoms. The lowest BCUT2D eigenvalue weighted by molar-refractivity contribution is -0.332. The second kappa shape index (κ2) is 37.0. The van der Waals surface area contributed by atoms with Gasteiger partial charge in [-0.2, -0.15) is 0 Å². The maximum absolute atomic E-state index is 13.0. The first-order valence-electron chi connectivity index (χ1n) is 24.9. The molecule has 0 aliphatic carbocycles. The van der Waals surface area contributed by atoms with Crippen molar-refractivity contribution in [2.45, 2.75) is 248 Å².